The average Bonchev–Trinajstić information content (AvgIpc) is 2.36. The molecule has 0 aliphatic rings. The van der Waals surface area contributed by atoms with Crippen LogP contribution in [0.5, 0.6) is 0 Å². The lowest BCUT2D eigenvalue weighted by molar-refractivity contribution is -0.0616. The molecule has 0 aliphatic heterocycles. The van der Waals surface area contributed by atoms with Crippen molar-refractivity contribution in [3.63, 3.8) is 0 Å². The molecule has 1 aromatic carbocycles. The topological polar surface area (TPSA) is 29.5 Å². The highest BCUT2D eigenvalue weighted by molar-refractivity contribution is 5.13. The smallest absolute Gasteiger partial charge is 0.0724 e. The van der Waals surface area contributed by atoms with Crippen molar-refractivity contribution in [1.29, 1.82) is 0 Å². The zero-order valence-corrected chi connectivity index (χ0v) is 10.4. The molecule has 0 saturated heterocycles. The molecule has 0 spiro atoms. The molecule has 0 unspecified atom stereocenters. The molecular formula is C15H20O2. The molecule has 1 N–H and O–H groups in total. The third kappa shape index (κ3) is 5.04. The maximum absolute atomic E-state index is 9.07. The monoisotopic (exact) mass is 232 g/mol. The van der Waals surface area contributed by atoms with Gasteiger partial charge in [-0.05, 0) is 25.3 Å². The summed E-state index contributed by atoms with van der Waals surface area (Å²) in [7, 11) is 0. The molecule has 0 aliphatic carbocycles. The molecule has 0 saturated carbocycles. The summed E-state index contributed by atoms with van der Waals surface area (Å²) in [6, 6.07) is 10.0. The number of hydrogen-bond donors (Lipinski definition) is 1. The Morgan fingerprint density at radius 2 is 2.00 bits per heavy atom. The molecule has 0 radical (unpaired) electrons. The summed E-state index contributed by atoms with van der Waals surface area (Å²) in [5, 5.41) is 9.07. The lowest BCUT2D eigenvalue weighted by Crippen LogP contribution is -2.29. The quantitative estimate of drug-likeness (QED) is 0.732. The van der Waals surface area contributed by atoms with E-state index < -0.39 is 0 Å². The molecule has 92 valence electrons. The SMILES string of the molecule is C#CCC[C@](C)(CCO)OCc1ccccc1. The largest absolute Gasteiger partial charge is 0.396 e. The van der Waals surface area contributed by atoms with Crippen molar-refractivity contribution in [1.82, 2.24) is 0 Å². The van der Waals surface area contributed by atoms with Crippen LogP contribution in [0.25, 0.3) is 0 Å². The highest BCUT2D eigenvalue weighted by Gasteiger charge is 2.23. The van der Waals surface area contributed by atoms with Crippen molar-refractivity contribution in [2.24, 2.45) is 0 Å². The van der Waals surface area contributed by atoms with Crippen molar-refractivity contribution in [3.05, 3.63) is 35.9 Å². The minimum absolute atomic E-state index is 0.121. The third-order valence-corrected chi connectivity index (χ3v) is 2.87. The maximum atomic E-state index is 9.07. The molecular weight excluding hydrogens is 212 g/mol. The summed E-state index contributed by atoms with van der Waals surface area (Å²) < 4.78 is 5.90. The Labute approximate surface area is 104 Å². The van der Waals surface area contributed by atoms with Crippen LogP contribution < -0.4 is 0 Å². The first-order chi connectivity index (χ1) is 8.20. The van der Waals surface area contributed by atoms with E-state index in [1.54, 1.807) is 0 Å². The Hall–Kier alpha value is -1.30. The zero-order chi connectivity index (χ0) is 12.6. The van der Waals surface area contributed by atoms with E-state index in [4.69, 9.17) is 16.3 Å². The van der Waals surface area contributed by atoms with E-state index in [0.29, 0.717) is 19.4 Å². The van der Waals surface area contributed by atoms with Gasteiger partial charge in [-0.25, -0.2) is 0 Å². The summed E-state index contributed by atoms with van der Waals surface area (Å²) in [6.45, 7) is 2.68. The second kappa shape index (κ2) is 7.11. The Bertz CT molecular complexity index is 353. The van der Waals surface area contributed by atoms with Crippen LogP contribution in [-0.2, 0) is 11.3 Å². The molecule has 1 atom stereocenters. The van der Waals surface area contributed by atoms with Gasteiger partial charge >= 0.3 is 0 Å². The Kier molecular flexibility index (Phi) is 5.76. The van der Waals surface area contributed by atoms with Gasteiger partial charge in [0.05, 0.1) is 12.2 Å². The molecule has 1 rings (SSSR count). The number of benzene rings is 1. The van der Waals surface area contributed by atoms with Crippen LogP contribution in [0.1, 0.15) is 31.7 Å². The van der Waals surface area contributed by atoms with Crippen LogP contribution in [0, 0.1) is 12.3 Å². The van der Waals surface area contributed by atoms with Gasteiger partial charge in [-0.15, -0.1) is 12.3 Å². The molecule has 0 bridgehead atoms. The van der Waals surface area contributed by atoms with Crippen molar-refractivity contribution in [2.75, 3.05) is 6.61 Å². The Morgan fingerprint density at radius 3 is 2.59 bits per heavy atom. The van der Waals surface area contributed by atoms with E-state index >= 15 is 0 Å². The molecule has 2 heteroatoms. The van der Waals surface area contributed by atoms with E-state index in [1.165, 1.54) is 0 Å². The first-order valence-electron chi connectivity index (χ1n) is 5.92. The normalized spacial score (nSPS) is 13.9. The first-order valence-corrected chi connectivity index (χ1v) is 5.92. The summed E-state index contributed by atoms with van der Waals surface area (Å²) in [5.41, 5.74) is 0.800. The molecule has 0 aromatic heterocycles. The van der Waals surface area contributed by atoms with Gasteiger partial charge in [0.2, 0.25) is 0 Å². The predicted octanol–water partition coefficient (Wildman–Crippen LogP) is 2.76. The second-order valence-electron chi connectivity index (χ2n) is 4.40. The average molecular weight is 232 g/mol. The second-order valence-corrected chi connectivity index (χ2v) is 4.40. The van der Waals surface area contributed by atoms with Gasteiger partial charge in [0, 0.05) is 13.0 Å². The van der Waals surface area contributed by atoms with Gasteiger partial charge < -0.3 is 9.84 Å². The standard InChI is InChI=1S/C15H20O2/c1-3-4-10-15(2,11-12-16)17-13-14-8-6-5-7-9-14/h1,5-9,16H,4,10-13H2,2H3/t15-/m1/s1. The van der Waals surface area contributed by atoms with Crippen molar-refractivity contribution >= 4 is 0 Å². The molecule has 2 nitrogen and oxygen atoms in total. The number of aliphatic hydroxyl groups is 1. The maximum Gasteiger partial charge on any atom is 0.0724 e. The highest BCUT2D eigenvalue weighted by Crippen LogP contribution is 2.23. The number of terminal acetylenes is 1. The summed E-state index contributed by atoms with van der Waals surface area (Å²) in [4.78, 5) is 0. The molecule has 17 heavy (non-hydrogen) atoms. The van der Waals surface area contributed by atoms with Crippen LogP contribution in [0.2, 0.25) is 0 Å². The van der Waals surface area contributed by atoms with Gasteiger partial charge in [-0.1, -0.05) is 30.3 Å². The molecule has 0 amide bonds. The number of rotatable bonds is 7. The minimum atomic E-state index is -0.336. The predicted molar refractivity (Wildman–Crippen MR) is 69.4 cm³/mol. The van der Waals surface area contributed by atoms with Crippen LogP contribution in [0.4, 0.5) is 0 Å². The molecule has 0 fully saturated rings. The first kappa shape index (κ1) is 13.8. The number of hydrogen-bond acceptors (Lipinski definition) is 2. The molecule has 0 heterocycles. The third-order valence-electron chi connectivity index (χ3n) is 2.87. The van der Waals surface area contributed by atoms with E-state index in [-0.39, 0.29) is 12.2 Å². The summed E-state index contributed by atoms with van der Waals surface area (Å²) in [5.74, 6) is 2.62. The van der Waals surface area contributed by atoms with Crippen LogP contribution in [0.3, 0.4) is 0 Å². The van der Waals surface area contributed by atoms with Crippen LogP contribution >= 0.6 is 0 Å². The van der Waals surface area contributed by atoms with E-state index in [2.05, 4.69) is 5.92 Å². The van der Waals surface area contributed by atoms with Crippen LogP contribution in [0.15, 0.2) is 30.3 Å². The van der Waals surface area contributed by atoms with Crippen LogP contribution in [-0.4, -0.2) is 17.3 Å². The van der Waals surface area contributed by atoms with Gasteiger partial charge in [0.25, 0.3) is 0 Å². The lowest BCUT2D eigenvalue weighted by Gasteiger charge is -2.29. The van der Waals surface area contributed by atoms with Crippen molar-refractivity contribution in [3.8, 4) is 12.3 Å². The van der Waals surface area contributed by atoms with E-state index in [0.717, 1.165) is 12.0 Å². The van der Waals surface area contributed by atoms with E-state index in [1.807, 2.05) is 37.3 Å². The Morgan fingerprint density at radius 1 is 1.29 bits per heavy atom. The fourth-order valence-electron chi connectivity index (χ4n) is 1.67. The number of ether oxygens (including phenoxy) is 1. The fourth-order valence-corrected chi connectivity index (χ4v) is 1.67. The van der Waals surface area contributed by atoms with Gasteiger partial charge in [0.1, 0.15) is 0 Å². The summed E-state index contributed by atoms with van der Waals surface area (Å²) in [6.07, 6.45) is 7.33. The van der Waals surface area contributed by atoms with E-state index in [9.17, 15) is 0 Å². The fraction of sp³-hybridized carbons (Fsp3) is 0.467. The van der Waals surface area contributed by atoms with Gasteiger partial charge in [-0.3, -0.25) is 0 Å². The van der Waals surface area contributed by atoms with Crippen molar-refractivity contribution < 1.29 is 9.84 Å². The van der Waals surface area contributed by atoms with Crippen molar-refractivity contribution in [2.45, 2.75) is 38.4 Å². The Balaban J connectivity index is 2.52. The minimum Gasteiger partial charge on any atom is -0.396 e. The highest BCUT2D eigenvalue weighted by atomic mass is 16.5. The summed E-state index contributed by atoms with van der Waals surface area (Å²) >= 11 is 0. The lowest BCUT2D eigenvalue weighted by atomic mass is 9.96. The number of aliphatic hydroxyl groups excluding tert-OH is 1. The zero-order valence-electron chi connectivity index (χ0n) is 10.4. The van der Waals surface area contributed by atoms with Gasteiger partial charge in [-0.2, -0.15) is 0 Å². The van der Waals surface area contributed by atoms with Gasteiger partial charge in [0.15, 0.2) is 0 Å². The molecule has 1 aromatic rings.